The van der Waals surface area contributed by atoms with E-state index in [1.807, 2.05) is 30.3 Å². The van der Waals surface area contributed by atoms with E-state index in [2.05, 4.69) is 15.0 Å². The van der Waals surface area contributed by atoms with Crippen molar-refractivity contribution in [3.05, 3.63) is 46.0 Å². The van der Waals surface area contributed by atoms with Gasteiger partial charge in [-0.3, -0.25) is 4.57 Å². The topological polar surface area (TPSA) is 63.6 Å². The smallest absolute Gasteiger partial charge is 0.302 e. The Bertz CT molecular complexity index is 776. The van der Waals surface area contributed by atoms with Crippen LogP contribution >= 0.6 is 11.6 Å². The van der Waals surface area contributed by atoms with E-state index < -0.39 is 0 Å². The average molecular weight is 261 g/mol. The number of H-pyrrole nitrogens is 1. The van der Waals surface area contributed by atoms with Crippen LogP contribution in [-0.4, -0.2) is 19.5 Å². The van der Waals surface area contributed by atoms with E-state index in [-0.39, 0.29) is 10.8 Å². The largest absolute Gasteiger partial charge is 0.327 e. The lowest BCUT2D eigenvalue weighted by Gasteiger charge is -2.01. The molecule has 0 aliphatic heterocycles. The minimum atomic E-state index is -0.258. The van der Waals surface area contributed by atoms with Gasteiger partial charge in [0.1, 0.15) is 5.52 Å². The van der Waals surface area contributed by atoms with Crippen LogP contribution < -0.4 is 5.69 Å². The average Bonchev–Trinajstić information content (AvgIpc) is 2.68. The van der Waals surface area contributed by atoms with Crippen molar-refractivity contribution in [1.29, 1.82) is 0 Å². The molecule has 6 heteroatoms. The molecule has 3 rings (SSSR count). The van der Waals surface area contributed by atoms with Crippen LogP contribution in [0.15, 0.2) is 35.1 Å². The predicted molar refractivity (Wildman–Crippen MR) is 69.6 cm³/mol. The molecule has 0 unspecified atom stereocenters. The fraction of sp³-hybridized carbons (Fsp3) is 0.0833. The second-order valence-corrected chi connectivity index (χ2v) is 4.25. The van der Waals surface area contributed by atoms with Crippen LogP contribution in [0.5, 0.6) is 0 Å². The highest BCUT2D eigenvalue weighted by Crippen LogP contribution is 2.22. The van der Waals surface area contributed by atoms with Crippen molar-refractivity contribution in [3.63, 3.8) is 0 Å². The summed E-state index contributed by atoms with van der Waals surface area (Å²) in [6, 6.07) is 9.49. The molecule has 90 valence electrons. The van der Waals surface area contributed by atoms with Gasteiger partial charge in [0, 0.05) is 12.6 Å². The summed E-state index contributed by atoms with van der Waals surface area (Å²) >= 11 is 6.06. The van der Waals surface area contributed by atoms with Crippen molar-refractivity contribution in [2.24, 2.45) is 7.05 Å². The first-order chi connectivity index (χ1) is 8.66. The van der Waals surface area contributed by atoms with Crippen molar-refractivity contribution < 1.29 is 0 Å². The van der Waals surface area contributed by atoms with E-state index in [1.165, 1.54) is 4.57 Å². The van der Waals surface area contributed by atoms with Gasteiger partial charge in [-0.2, -0.15) is 0 Å². The molecule has 0 bridgehead atoms. The van der Waals surface area contributed by atoms with E-state index >= 15 is 0 Å². The van der Waals surface area contributed by atoms with Crippen LogP contribution in [0.1, 0.15) is 0 Å². The van der Waals surface area contributed by atoms with Gasteiger partial charge in [-0.1, -0.05) is 41.9 Å². The molecule has 0 fully saturated rings. The first-order valence-electron chi connectivity index (χ1n) is 5.34. The van der Waals surface area contributed by atoms with Crippen molar-refractivity contribution >= 4 is 22.8 Å². The highest BCUT2D eigenvalue weighted by atomic mass is 35.5. The maximum atomic E-state index is 11.5. The van der Waals surface area contributed by atoms with Crippen LogP contribution in [0.25, 0.3) is 22.6 Å². The molecular weight excluding hydrogens is 252 g/mol. The molecular formula is C12H9ClN4O. The number of aromatic nitrogens is 4. The van der Waals surface area contributed by atoms with Crippen molar-refractivity contribution in [1.82, 2.24) is 19.5 Å². The zero-order chi connectivity index (χ0) is 12.7. The second-order valence-electron chi connectivity index (χ2n) is 3.89. The molecule has 2 heterocycles. The van der Waals surface area contributed by atoms with Crippen LogP contribution in [0, 0.1) is 0 Å². The third-order valence-electron chi connectivity index (χ3n) is 2.73. The minimum Gasteiger partial charge on any atom is -0.302 e. The first-order valence-corrected chi connectivity index (χ1v) is 5.72. The molecule has 0 radical (unpaired) electrons. The van der Waals surface area contributed by atoms with E-state index in [0.717, 1.165) is 5.56 Å². The monoisotopic (exact) mass is 260 g/mol. The third kappa shape index (κ3) is 1.60. The Hall–Kier alpha value is -2.14. The number of fused-ring (bicyclic) bond motifs is 1. The quantitative estimate of drug-likeness (QED) is 0.681. The number of aryl methyl sites for hydroxylation is 1. The molecule has 5 nitrogen and oxygen atoms in total. The molecule has 0 amide bonds. The van der Waals surface area contributed by atoms with Gasteiger partial charge in [0.15, 0.2) is 16.6 Å². The molecule has 18 heavy (non-hydrogen) atoms. The summed E-state index contributed by atoms with van der Waals surface area (Å²) in [5.74, 6) is 0.503. The number of rotatable bonds is 1. The maximum absolute atomic E-state index is 11.5. The van der Waals surface area contributed by atoms with Crippen molar-refractivity contribution in [2.75, 3.05) is 0 Å². The predicted octanol–water partition coefficient (Wildman–Crippen LogP) is 1.98. The van der Waals surface area contributed by atoms with Crippen LogP contribution in [-0.2, 0) is 7.05 Å². The zero-order valence-electron chi connectivity index (χ0n) is 9.51. The molecule has 0 aliphatic carbocycles. The number of benzene rings is 1. The second kappa shape index (κ2) is 3.96. The lowest BCUT2D eigenvalue weighted by Crippen LogP contribution is -2.12. The number of imidazole rings is 1. The van der Waals surface area contributed by atoms with Gasteiger partial charge < -0.3 is 4.98 Å². The molecule has 1 aromatic carbocycles. The summed E-state index contributed by atoms with van der Waals surface area (Å²) in [5, 5.41) is 0.247. The normalized spacial score (nSPS) is 11.0. The van der Waals surface area contributed by atoms with Crippen molar-refractivity contribution in [2.45, 2.75) is 0 Å². The SMILES string of the molecule is Cn1c(=O)[nH]c2c(Cl)nc(-c3ccccc3)nc21. The van der Waals surface area contributed by atoms with Crippen LogP contribution in [0.3, 0.4) is 0 Å². The summed E-state index contributed by atoms with van der Waals surface area (Å²) < 4.78 is 1.41. The molecule has 0 aliphatic rings. The molecule has 1 N–H and O–H groups in total. The summed E-state index contributed by atoms with van der Waals surface area (Å²) in [5.41, 5.74) is 1.56. The number of hydrogen-bond acceptors (Lipinski definition) is 3. The molecule has 0 saturated heterocycles. The van der Waals surface area contributed by atoms with Crippen molar-refractivity contribution in [3.8, 4) is 11.4 Å². The van der Waals surface area contributed by atoms with E-state index in [9.17, 15) is 4.79 Å². The lowest BCUT2D eigenvalue weighted by atomic mass is 10.2. The van der Waals surface area contributed by atoms with E-state index in [4.69, 9.17) is 11.6 Å². The highest BCUT2D eigenvalue weighted by molar-refractivity contribution is 6.33. The van der Waals surface area contributed by atoms with Gasteiger partial charge >= 0.3 is 5.69 Å². The molecule has 2 aromatic heterocycles. The Labute approximate surface area is 107 Å². The number of nitrogens with one attached hydrogen (secondary N) is 1. The summed E-state index contributed by atoms with van der Waals surface area (Å²) in [6.07, 6.45) is 0. The summed E-state index contributed by atoms with van der Waals surface area (Å²) in [6.45, 7) is 0. The van der Waals surface area contributed by atoms with Gasteiger partial charge in [0.2, 0.25) is 0 Å². The summed E-state index contributed by atoms with van der Waals surface area (Å²) in [7, 11) is 1.64. The van der Waals surface area contributed by atoms with Gasteiger partial charge in [-0.15, -0.1) is 0 Å². The first kappa shape index (κ1) is 11.0. The fourth-order valence-corrected chi connectivity index (χ4v) is 1.99. The number of hydrogen-bond donors (Lipinski definition) is 1. The molecule has 0 spiro atoms. The Morgan fingerprint density at radius 1 is 1.22 bits per heavy atom. The Balaban J connectivity index is 2.34. The Kier molecular flexibility index (Phi) is 2.41. The molecule has 0 saturated carbocycles. The standard InChI is InChI=1S/C12H9ClN4O/c1-17-11-8(14-12(17)18)9(13)15-10(16-11)7-5-3-2-4-6-7/h2-6H,1H3,(H,14,18). The Morgan fingerprint density at radius 2 is 1.94 bits per heavy atom. The van der Waals surface area contributed by atoms with Crippen LogP contribution in [0.4, 0.5) is 0 Å². The van der Waals surface area contributed by atoms with Gasteiger partial charge in [-0.05, 0) is 0 Å². The van der Waals surface area contributed by atoms with Gasteiger partial charge in [-0.25, -0.2) is 14.8 Å². The Morgan fingerprint density at radius 3 is 2.67 bits per heavy atom. The number of halogens is 1. The van der Waals surface area contributed by atoms with Gasteiger partial charge in [0.05, 0.1) is 0 Å². The third-order valence-corrected chi connectivity index (χ3v) is 3.01. The highest BCUT2D eigenvalue weighted by Gasteiger charge is 2.12. The van der Waals surface area contributed by atoms with E-state index in [1.54, 1.807) is 7.05 Å². The number of aromatic amines is 1. The van der Waals surface area contributed by atoms with E-state index in [0.29, 0.717) is 17.0 Å². The molecule has 3 aromatic rings. The maximum Gasteiger partial charge on any atom is 0.327 e. The zero-order valence-corrected chi connectivity index (χ0v) is 10.3. The minimum absolute atomic E-state index is 0.247. The number of nitrogens with zero attached hydrogens (tertiary/aromatic N) is 3. The fourth-order valence-electron chi connectivity index (χ4n) is 1.78. The van der Waals surface area contributed by atoms with Crippen LogP contribution in [0.2, 0.25) is 5.15 Å². The van der Waals surface area contributed by atoms with Gasteiger partial charge in [0.25, 0.3) is 0 Å². The summed E-state index contributed by atoms with van der Waals surface area (Å²) in [4.78, 5) is 22.7. The lowest BCUT2D eigenvalue weighted by molar-refractivity contribution is 0.878. The molecule has 0 atom stereocenters.